The van der Waals surface area contributed by atoms with Crippen LogP contribution in [-0.4, -0.2) is 39.6 Å². The number of carbonyl (C=O) groups excluding carboxylic acids is 1. The molecule has 3 aromatic rings. The third-order valence-corrected chi connectivity index (χ3v) is 5.94. The van der Waals surface area contributed by atoms with Gasteiger partial charge in [-0.1, -0.05) is 30.0 Å². The van der Waals surface area contributed by atoms with Gasteiger partial charge in [-0.2, -0.15) is 0 Å². The van der Waals surface area contributed by atoms with E-state index in [1.807, 2.05) is 61.9 Å². The Kier molecular flexibility index (Phi) is 5.94. The van der Waals surface area contributed by atoms with Crippen molar-refractivity contribution >= 4 is 23.4 Å². The minimum atomic E-state index is -0.0717. The number of aromatic nitrogens is 3. The topological polar surface area (TPSA) is 78.3 Å². The zero-order chi connectivity index (χ0) is 21.1. The number of nitrogens with one attached hydrogen (secondary N) is 1. The Hall–Kier alpha value is -3.00. The Bertz CT molecular complexity index is 1060. The van der Waals surface area contributed by atoms with Crippen LogP contribution in [-0.2, 0) is 11.8 Å². The molecule has 1 N–H and O–H groups in total. The smallest absolute Gasteiger partial charge is 0.234 e. The molecule has 0 saturated carbocycles. The van der Waals surface area contributed by atoms with E-state index in [1.54, 1.807) is 0 Å². The molecule has 0 fully saturated rings. The van der Waals surface area contributed by atoms with Crippen LogP contribution in [0.1, 0.15) is 17.5 Å². The summed E-state index contributed by atoms with van der Waals surface area (Å²) in [4.78, 5) is 12.5. The molecule has 7 nitrogen and oxygen atoms in total. The van der Waals surface area contributed by atoms with Crippen LogP contribution in [0, 0.1) is 13.8 Å². The van der Waals surface area contributed by atoms with Crippen molar-refractivity contribution in [3.63, 3.8) is 0 Å². The number of carbonyl (C=O) groups is 1. The molecule has 0 saturated heterocycles. The molecule has 0 aliphatic carbocycles. The molecular weight excluding hydrogens is 400 g/mol. The summed E-state index contributed by atoms with van der Waals surface area (Å²) in [5, 5.41) is 12.2. The lowest BCUT2D eigenvalue weighted by Crippen LogP contribution is -2.16. The van der Waals surface area contributed by atoms with Crippen LogP contribution in [0.4, 0.5) is 5.69 Å². The quantitative estimate of drug-likeness (QED) is 0.624. The van der Waals surface area contributed by atoms with E-state index < -0.39 is 0 Å². The highest BCUT2D eigenvalue weighted by atomic mass is 32.2. The van der Waals surface area contributed by atoms with E-state index in [9.17, 15) is 4.79 Å². The van der Waals surface area contributed by atoms with Crippen molar-refractivity contribution in [2.24, 2.45) is 7.05 Å². The van der Waals surface area contributed by atoms with Crippen LogP contribution >= 0.6 is 11.8 Å². The molecule has 0 radical (unpaired) electrons. The van der Waals surface area contributed by atoms with Gasteiger partial charge in [0.15, 0.2) is 22.5 Å². The van der Waals surface area contributed by atoms with Crippen molar-refractivity contribution in [3.05, 3.63) is 47.5 Å². The van der Waals surface area contributed by atoms with Crippen LogP contribution in [0.2, 0.25) is 0 Å². The lowest BCUT2D eigenvalue weighted by Gasteiger charge is -2.11. The first kappa shape index (κ1) is 20.3. The third kappa shape index (κ3) is 4.28. The van der Waals surface area contributed by atoms with Gasteiger partial charge in [0.2, 0.25) is 5.91 Å². The van der Waals surface area contributed by atoms with Crippen LogP contribution < -0.4 is 14.8 Å². The van der Waals surface area contributed by atoms with Crippen molar-refractivity contribution in [1.29, 1.82) is 0 Å². The van der Waals surface area contributed by atoms with E-state index in [0.717, 1.165) is 40.3 Å². The van der Waals surface area contributed by atoms with Crippen molar-refractivity contribution in [3.8, 4) is 22.9 Å². The number of anilines is 1. The summed E-state index contributed by atoms with van der Waals surface area (Å²) in [6.45, 7) is 5.26. The maximum atomic E-state index is 12.5. The zero-order valence-electron chi connectivity index (χ0n) is 17.3. The van der Waals surface area contributed by atoms with Crippen molar-refractivity contribution in [1.82, 2.24) is 14.8 Å². The molecule has 0 unspecified atom stereocenters. The fourth-order valence-corrected chi connectivity index (χ4v) is 4.02. The monoisotopic (exact) mass is 424 g/mol. The number of aryl methyl sites for hydroxylation is 2. The molecule has 1 aromatic heterocycles. The summed E-state index contributed by atoms with van der Waals surface area (Å²) in [6, 6.07) is 11.7. The van der Waals surface area contributed by atoms with E-state index in [0.29, 0.717) is 24.2 Å². The number of fused-ring (bicyclic) bond motifs is 1. The first-order chi connectivity index (χ1) is 14.5. The van der Waals surface area contributed by atoms with E-state index in [-0.39, 0.29) is 11.7 Å². The first-order valence-corrected chi connectivity index (χ1v) is 10.8. The molecule has 1 aliphatic heterocycles. The fourth-order valence-electron chi connectivity index (χ4n) is 3.31. The molecule has 156 valence electrons. The Morgan fingerprint density at radius 3 is 2.60 bits per heavy atom. The van der Waals surface area contributed by atoms with Crippen LogP contribution in [0.25, 0.3) is 11.4 Å². The molecular formula is C22H24N4O3S. The van der Waals surface area contributed by atoms with Crippen LogP contribution in [0.5, 0.6) is 11.5 Å². The molecule has 2 heterocycles. The van der Waals surface area contributed by atoms with Gasteiger partial charge < -0.3 is 19.4 Å². The number of thioether (sulfide) groups is 1. The highest BCUT2D eigenvalue weighted by Gasteiger charge is 2.17. The Morgan fingerprint density at radius 2 is 1.83 bits per heavy atom. The Morgan fingerprint density at radius 1 is 1.10 bits per heavy atom. The van der Waals surface area contributed by atoms with E-state index in [4.69, 9.17) is 9.47 Å². The van der Waals surface area contributed by atoms with E-state index in [2.05, 4.69) is 15.5 Å². The number of hydrogen-bond acceptors (Lipinski definition) is 6. The number of rotatable bonds is 5. The van der Waals surface area contributed by atoms with Crippen molar-refractivity contribution in [2.75, 3.05) is 24.3 Å². The molecule has 0 atom stereocenters. The molecule has 8 heteroatoms. The third-order valence-electron chi connectivity index (χ3n) is 4.92. The predicted octanol–water partition coefficient (Wildman–Crippen LogP) is 3.99. The highest BCUT2D eigenvalue weighted by Crippen LogP contribution is 2.34. The van der Waals surface area contributed by atoms with Crippen LogP contribution in [0.3, 0.4) is 0 Å². The zero-order valence-corrected chi connectivity index (χ0v) is 18.1. The molecule has 0 bridgehead atoms. The first-order valence-electron chi connectivity index (χ1n) is 9.81. The van der Waals surface area contributed by atoms with Gasteiger partial charge in [0.05, 0.1) is 19.0 Å². The maximum Gasteiger partial charge on any atom is 0.234 e. The van der Waals surface area contributed by atoms with Crippen molar-refractivity contribution < 1.29 is 14.3 Å². The van der Waals surface area contributed by atoms with Gasteiger partial charge in [0, 0.05) is 24.7 Å². The molecule has 1 aliphatic rings. The van der Waals surface area contributed by atoms with Gasteiger partial charge >= 0.3 is 0 Å². The molecule has 2 aromatic carbocycles. The van der Waals surface area contributed by atoms with Crippen LogP contribution in [0.15, 0.2) is 41.6 Å². The Labute approximate surface area is 179 Å². The normalized spacial score (nSPS) is 13.0. The summed E-state index contributed by atoms with van der Waals surface area (Å²) in [6.07, 6.45) is 0.860. The standard InChI is InChI=1S/C22H24N4O3S/c1-14-6-4-7-15(2)20(14)23-19(27)13-30-22-25-24-21(26(22)3)16-8-9-17-18(12-16)29-11-5-10-28-17/h4,6-9,12H,5,10-11,13H2,1-3H3,(H,23,27). The minimum Gasteiger partial charge on any atom is -0.490 e. The number of ether oxygens (including phenoxy) is 2. The van der Waals surface area contributed by atoms with Gasteiger partial charge in [0.1, 0.15) is 0 Å². The largest absolute Gasteiger partial charge is 0.490 e. The second-order valence-corrected chi connectivity index (χ2v) is 8.12. The SMILES string of the molecule is Cc1cccc(C)c1NC(=O)CSc1nnc(-c2ccc3c(c2)OCCCO3)n1C. The number of benzene rings is 2. The second kappa shape index (κ2) is 8.79. The van der Waals surface area contributed by atoms with Gasteiger partial charge in [-0.05, 0) is 43.2 Å². The summed E-state index contributed by atoms with van der Waals surface area (Å²) in [5.74, 6) is 2.35. The molecule has 4 rings (SSSR count). The highest BCUT2D eigenvalue weighted by molar-refractivity contribution is 7.99. The number of nitrogens with zero attached hydrogens (tertiary/aromatic N) is 3. The number of hydrogen-bond donors (Lipinski definition) is 1. The molecule has 30 heavy (non-hydrogen) atoms. The molecule has 1 amide bonds. The summed E-state index contributed by atoms with van der Waals surface area (Å²) < 4.78 is 13.3. The van der Waals surface area contributed by atoms with Gasteiger partial charge in [-0.15, -0.1) is 10.2 Å². The maximum absolute atomic E-state index is 12.5. The summed E-state index contributed by atoms with van der Waals surface area (Å²) in [7, 11) is 1.89. The van der Waals surface area contributed by atoms with E-state index >= 15 is 0 Å². The Balaban J connectivity index is 1.45. The van der Waals surface area contributed by atoms with Gasteiger partial charge in [-0.3, -0.25) is 4.79 Å². The average molecular weight is 425 g/mol. The number of para-hydroxylation sites is 1. The minimum absolute atomic E-state index is 0.0717. The van der Waals surface area contributed by atoms with Gasteiger partial charge in [-0.25, -0.2) is 0 Å². The van der Waals surface area contributed by atoms with Gasteiger partial charge in [0.25, 0.3) is 0 Å². The second-order valence-electron chi connectivity index (χ2n) is 7.18. The average Bonchev–Trinajstić information content (AvgIpc) is 2.94. The van der Waals surface area contributed by atoms with Crippen molar-refractivity contribution in [2.45, 2.75) is 25.4 Å². The van der Waals surface area contributed by atoms with E-state index in [1.165, 1.54) is 11.8 Å². The lowest BCUT2D eigenvalue weighted by molar-refractivity contribution is -0.113. The lowest BCUT2D eigenvalue weighted by atomic mass is 10.1. The number of amides is 1. The molecule has 0 spiro atoms. The summed E-state index contributed by atoms with van der Waals surface area (Å²) >= 11 is 1.36. The fraction of sp³-hybridized carbons (Fsp3) is 0.318. The summed E-state index contributed by atoms with van der Waals surface area (Å²) in [5.41, 5.74) is 3.85. The predicted molar refractivity (Wildman–Crippen MR) is 117 cm³/mol.